The van der Waals surface area contributed by atoms with Crippen LogP contribution in [0.3, 0.4) is 0 Å². The topological polar surface area (TPSA) is 89.8 Å². The van der Waals surface area contributed by atoms with E-state index in [1.54, 1.807) is 6.07 Å². The molecule has 0 fully saturated rings. The van der Waals surface area contributed by atoms with Crippen molar-refractivity contribution in [3.05, 3.63) is 55.1 Å². The Morgan fingerprint density at radius 3 is 2.60 bits per heavy atom. The van der Waals surface area contributed by atoms with Gasteiger partial charge in [0.15, 0.2) is 5.78 Å². The van der Waals surface area contributed by atoms with Gasteiger partial charge in [0.2, 0.25) is 0 Å². The first-order chi connectivity index (χ1) is 11.9. The molecule has 0 aromatic carbocycles. The molecule has 0 radical (unpaired) electrons. The van der Waals surface area contributed by atoms with Crippen LogP contribution in [0.25, 0.3) is 0 Å². The predicted octanol–water partition coefficient (Wildman–Crippen LogP) is 1.15. The highest BCUT2D eigenvalue weighted by atomic mass is 16.2. The molecule has 0 saturated carbocycles. The van der Waals surface area contributed by atoms with Gasteiger partial charge in [0.25, 0.3) is 5.56 Å². The van der Waals surface area contributed by atoms with Crippen LogP contribution in [0.15, 0.2) is 15.7 Å². The summed E-state index contributed by atoms with van der Waals surface area (Å²) in [5, 5.41) is 9.30. The SMILES string of the molecule is CCn1c(C)cc(C(=O)Cn2c(=O)c(C#N)c3n(c2=O)CCC3)c1C. The van der Waals surface area contributed by atoms with E-state index >= 15 is 0 Å². The van der Waals surface area contributed by atoms with E-state index in [9.17, 15) is 19.6 Å². The lowest BCUT2D eigenvalue weighted by Crippen LogP contribution is -2.43. The average molecular weight is 340 g/mol. The normalized spacial score (nSPS) is 12.9. The molecular weight excluding hydrogens is 320 g/mol. The van der Waals surface area contributed by atoms with Crippen molar-refractivity contribution in [2.75, 3.05) is 0 Å². The van der Waals surface area contributed by atoms with Gasteiger partial charge in [0, 0.05) is 35.7 Å². The van der Waals surface area contributed by atoms with Gasteiger partial charge in [0.1, 0.15) is 11.6 Å². The van der Waals surface area contributed by atoms with Crippen LogP contribution >= 0.6 is 0 Å². The van der Waals surface area contributed by atoms with Crippen LogP contribution in [0.2, 0.25) is 0 Å². The summed E-state index contributed by atoms with van der Waals surface area (Å²) in [6, 6.07) is 3.68. The molecule has 0 unspecified atom stereocenters. The first-order valence-corrected chi connectivity index (χ1v) is 8.37. The number of ketones is 1. The fourth-order valence-electron chi connectivity index (χ4n) is 3.69. The first-order valence-electron chi connectivity index (χ1n) is 8.37. The predicted molar refractivity (Wildman–Crippen MR) is 91.9 cm³/mol. The van der Waals surface area contributed by atoms with Crippen molar-refractivity contribution in [1.29, 1.82) is 5.26 Å². The molecule has 1 aliphatic rings. The summed E-state index contributed by atoms with van der Waals surface area (Å²) in [6.07, 6.45) is 1.26. The van der Waals surface area contributed by atoms with Crippen LogP contribution in [-0.2, 0) is 26.1 Å². The van der Waals surface area contributed by atoms with Crippen LogP contribution in [0.4, 0.5) is 0 Å². The number of nitrogens with zero attached hydrogens (tertiary/aromatic N) is 4. The van der Waals surface area contributed by atoms with Gasteiger partial charge in [-0.3, -0.25) is 18.7 Å². The molecule has 25 heavy (non-hydrogen) atoms. The second kappa shape index (κ2) is 6.20. The van der Waals surface area contributed by atoms with E-state index in [1.807, 2.05) is 31.4 Å². The fraction of sp³-hybridized carbons (Fsp3) is 0.444. The highest BCUT2D eigenvalue weighted by Gasteiger charge is 2.24. The number of hydrogen-bond acceptors (Lipinski definition) is 4. The van der Waals surface area contributed by atoms with Crippen molar-refractivity contribution in [2.24, 2.45) is 0 Å². The summed E-state index contributed by atoms with van der Waals surface area (Å²) in [6.45, 7) is 6.62. The van der Waals surface area contributed by atoms with Crippen LogP contribution in [0, 0.1) is 25.2 Å². The molecule has 0 N–H and O–H groups in total. The minimum Gasteiger partial charge on any atom is -0.349 e. The standard InChI is InChI=1S/C18H20N4O3/c1-4-20-11(2)8-13(12(20)3)16(23)10-22-17(24)14(9-19)15-6-5-7-21(15)18(22)25/h8H,4-7,10H2,1-3H3. The Morgan fingerprint density at radius 2 is 2.00 bits per heavy atom. The number of Topliss-reactive ketones (excluding diaryl/α,β-unsaturated/α-hetero) is 1. The number of nitriles is 1. The maximum atomic E-state index is 12.7. The summed E-state index contributed by atoms with van der Waals surface area (Å²) in [7, 11) is 0. The molecule has 0 saturated heterocycles. The van der Waals surface area contributed by atoms with Gasteiger partial charge in [-0.15, -0.1) is 0 Å². The first kappa shape index (κ1) is 17.0. The van der Waals surface area contributed by atoms with E-state index in [-0.39, 0.29) is 17.9 Å². The van der Waals surface area contributed by atoms with Gasteiger partial charge in [0.05, 0.1) is 6.54 Å². The molecule has 130 valence electrons. The van der Waals surface area contributed by atoms with Crippen LogP contribution in [0.5, 0.6) is 0 Å². The Kier molecular flexibility index (Phi) is 4.21. The van der Waals surface area contributed by atoms with E-state index in [0.717, 1.165) is 28.9 Å². The molecule has 1 aliphatic heterocycles. The van der Waals surface area contributed by atoms with Gasteiger partial charge < -0.3 is 4.57 Å². The zero-order chi connectivity index (χ0) is 18.3. The number of rotatable bonds is 4. The quantitative estimate of drug-likeness (QED) is 0.781. The molecule has 0 atom stereocenters. The summed E-state index contributed by atoms with van der Waals surface area (Å²) in [5.41, 5.74) is 1.58. The number of aromatic nitrogens is 3. The van der Waals surface area contributed by atoms with Crippen LogP contribution in [0.1, 0.15) is 46.3 Å². The lowest BCUT2D eigenvalue weighted by atomic mass is 10.1. The van der Waals surface area contributed by atoms with Crippen molar-refractivity contribution in [2.45, 2.75) is 53.2 Å². The zero-order valence-electron chi connectivity index (χ0n) is 14.6. The maximum Gasteiger partial charge on any atom is 0.331 e. The van der Waals surface area contributed by atoms with Crippen LogP contribution < -0.4 is 11.2 Å². The molecule has 3 heterocycles. The van der Waals surface area contributed by atoms with Crippen LogP contribution in [-0.4, -0.2) is 19.5 Å². The second-order valence-electron chi connectivity index (χ2n) is 6.31. The summed E-state index contributed by atoms with van der Waals surface area (Å²) in [5.74, 6) is -0.297. The highest BCUT2D eigenvalue weighted by molar-refractivity contribution is 5.97. The van der Waals surface area contributed by atoms with E-state index in [0.29, 0.717) is 24.2 Å². The highest BCUT2D eigenvalue weighted by Crippen LogP contribution is 2.17. The molecule has 2 aromatic rings. The molecule has 3 rings (SSSR count). The van der Waals surface area contributed by atoms with Gasteiger partial charge in [-0.25, -0.2) is 4.79 Å². The van der Waals surface area contributed by atoms with Crippen molar-refractivity contribution >= 4 is 5.78 Å². The minimum absolute atomic E-state index is 0.0241. The largest absolute Gasteiger partial charge is 0.349 e. The Labute approximate surface area is 144 Å². The Hall–Kier alpha value is -2.88. The van der Waals surface area contributed by atoms with E-state index in [2.05, 4.69) is 0 Å². The third kappa shape index (κ3) is 2.54. The molecule has 0 aliphatic carbocycles. The third-order valence-electron chi connectivity index (χ3n) is 4.93. The molecule has 7 nitrogen and oxygen atoms in total. The summed E-state index contributed by atoms with van der Waals surface area (Å²) >= 11 is 0. The molecule has 7 heteroatoms. The van der Waals surface area contributed by atoms with Gasteiger partial charge >= 0.3 is 5.69 Å². The smallest absolute Gasteiger partial charge is 0.331 e. The monoisotopic (exact) mass is 340 g/mol. The van der Waals surface area contributed by atoms with E-state index in [1.165, 1.54) is 4.57 Å². The fourth-order valence-corrected chi connectivity index (χ4v) is 3.69. The lowest BCUT2D eigenvalue weighted by Gasteiger charge is -2.10. The van der Waals surface area contributed by atoms with Crippen molar-refractivity contribution in [3.63, 3.8) is 0 Å². The van der Waals surface area contributed by atoms with Crippen molar-refractivity contribution in [3.8, 4) is 6.07 Å². The summed E-state index contributed by atoms with van der Waals surface area (Å²) < 4.78 is 4.35. The minimum atomic E-state index is -0.668. The molecule has 2 aromatic heterocycles. The third-order valence-corrected chi connectivity index (χ3v) is 4.93. The average Bonchev–Trinajstić information content (AvgIpc) is 3.16. The van der Waals surface area contributed by atoms with E-state index in [4.69, 9.17) is 0 Å². The second-order valence-corrected chi connectivity index (χ2v) is 6.31. The Morgan fingerprint density at radius 1 is 1.28 bits per heavy atom. The van der Waals surface area contributed by atoms with Crippen molar-refractivity contribution < 1.29 is 4.79 Å². The lowest BCUT2D eigenvalue weighted by molar-refractivity contribution is 0.0967. The maximum absolute atomic E-state index is 12.7. The Balaban J connectivity index is 2.08. The van der Waals surface area contributed by atoms with Gasteiger partial charge in [-0.05, 0) is 39.7 Å². The molecule has 0 spiro atoms. The van der Waals surface area contributed by atoms with Crippen molar-refractivity contribution in [1.82, 2.24) is 13.7 Å². The number of aryl methyl sites for hydroxylation is 1. The zero-order valence-corrected chi connectivity index (χ0v) is 14.6. The number of fused-ring (bicyclic) bond motifs is 1. The number of hydrogen-bond donors (Lipinski definition) is 0. The molecular formula is C18H20N4O3. The number of carbonyl (C=O) groups is 1. The molecule has 0 amide bonds. The summed E-state index contributed by atoms with van der Waals surface area (Å²) in [4.78, 5) is 37.8. The van der Waals surface area contributed by atoms with E-state index < -0.39 is 11.2 Å². The van der Waals surface area contributed by atoms with Gasteiger partial charge in [-0.1, -0.05) is 0 Å². The molecule has 0 bridgehead atoms. The Bertz CT molecular complexity index is 1030. The number of carbonyl (C=O) groups excluding carboxylic acids is 1. The van der Waals surface area contributed by atoms with Gasteiger partial charge in [-0.2, -0.15) is 5.26 Å².